The maximum absolute atomic E-state index is 13.5. The molecular formula is C38H44ClN3O9S. The molecule has 0 spiro atoms. The molecule has 0 aliphatic carbocycles. The van der Waals surface area contributed by atoms with Crippen molar-refractivity contribution in [2.75, 3.05) is 51.5 Å². The van der Waals surface area contributed by atoms with Gasteiger partial charge in [0.1, 0.15) is 30.0 Å². The molecule has 1 aliphatic heterocycles. The van der Waals surface area contributed by atoms with Crippen LogP contribution in [-0.4, -0.2) is 98.3 Å². The Hall–Kier alpha value is -4.43. The Morgan fingerprint density at radius 3 is 2.48 bits per heavy atom. The molecule has 1 unspecified atom stereocenters. The topological polar surface area (TPSA) is 153 Å². The maximum Gasteiger partial charge on any atom is 0.310 e. The molecule has 1 atom stereocenters. The van der Waals surface area contributed by atoms with Gasteiger partial charge in [-0.1, -0.05) is 23.7 Å². The van der Waals surface area contributed by atoms with E-state index in [-0.39, 0.29) is 18.9 Å². The molecule has 278 valence electrons. The molecule has 0 bridgehead atoms. The van der Waals surface area contributed by atoms with Gasteiger partial charge in [-0.3, -0.25) is 23.9 Å². The second kappa shape index (κ2) is 17.9. The number of sulfone groups is 1. The molecule has 12 nitrogen and oxygen atoms in total. The second-order valence-electron chi connectivity index (χ2n) is 12.8. The first-order valence-corrected chi connectivity index (χ1v) is 19.4. The standard InChI is InChI=1S/C38H44ClN3O9S/c1-26-33(34-20-31(49-2)13-14-35(34)42(26)38(46)28-9-11-29(39)12-10-28)21-37(45)51-23-30(43)24-52(47,48)25-36(44)40-15-6-18-50-32-8-5-7-27(19-32)22-41-16-3-4-17-41/h5,7-14,19-20,30,43H,3-4,6,15-18,21-25H2,1-2H3,(H,40,44). The number of nitrogens with zero attached hydrogens (tertiary/aromatic N) is 2. The third kappa shape index (κ3) is 10.6. The highest BCUT2D eigenvalue weighted by molar-refractivity contribution is 7.92. The number of hydrogen-bond acceptors (Lipinski definition) is 10. The van der Waals surface area contributed by atoms with Crippen molar-refractivity contribution >= 4 is 50.1 Å². The van der Waals surface area contributed by atoms with Crippen LogP contribution < -0.4 is 14.8 Å². The summed E-state index contributed by atoms with van der Waals surface area (Å²) in [6.07, 6.45) is 1.12. The van der Waals surface area contributed by atoms with E-state index in [0.717, 1.165) is 25.4 Å². The Bertz CT molecular complexity index is 1990. The summed E-state index contributed by atoms with van der Waals surface area (Å²) >= 11 is 6.00. The third-order valence-corrected chi connectivity index (χ3v) is 10.7. The average Bonchev–Trinajstić information content (AvgIpc) is 3.72. The van der Waals surface area contributed by atoms with Crippen molar-refractivity contribution in [3.8, 4) is 11.5 Å². The van der Waals surface area contributed by atoms with E-state index < -0.39 is 45.9 Å². The zero-order valence-corrected chi connectivity index (χ0v) is 30.9. The lowest BCUT2D eigenvalue weighted by atomic mass is 10.1. The molecule has 1 amide bonds. The number of benzene rings is 3. The normalized spacial score (nSPS) is 13.9. The number of fused-ring (bicyclic) bond motifs is 1. The minimum Gasteiger partial charge on any atom is -0.497 e. The predicted molar refractivity (Wildman–Crippen MR) is 198 cm³/mol. The van der Waals surface area contributed by atoms with E-state index in [1.807, 2.05) is 18.2 Å². The number of hydrogen-bond donors (Lipinski definition) is 2. The number of nitrogens with one attached hydrogen (secondary N) is 1. The lowest BCUT2D eigenvalue weighted by Crippen LogP contribution is -2.36. The Morgan fingerprint density at radius 2 is 1.75 bits per heavy atom. The minimum atomic E-state index is -4.02. The number of rotatable bonds is 17. The first-order chi connectivity index (χ1) is 24.9. The van der Waals surface area contributed by atoms with E-state index in [0.29, 0.717) is 51.5 Å². The summed E-state index contributed by atoms with van der Waals surface area (Å²) in [6, 6.07) is 19.5. The molecule has 1 fully saturated rings. The van der Waals surface area contributed by atoms with Gasteiger partial charge in [0, 0.05) is 34.8 Å². The first kappa shape index (κ1) is 38.8. The van der Waals surface area contributed by atoms with Crippen LogP contribution >= 0.6 is 11.6 Å². The van der Waals surface area contributed by atoms with Crippen LogP contribution in [0.5, 0.6) is 11.5 Å². The minimum absolute atomic E-state index is 0.217. The first-order valence-electron chi connectivity index (χ1n) is 17.2. The zero-order chi connectivity index (χ0) is 37.3. The highest BCUT2D eigenvalue weighted by Crippen LogP contribution is 2.31. The fraction of sp³-hybridized carbons (Fsp3) is 0.395. The quantitative estimate of drug-likeness (QED) is 0.118. The highest BCUT2D eigenvalue weighted by Gasteiger charge is 2.25. The number of likely N-dealkylation sites (tertiary alicyclic amines) is 1. The summed E-state index contributed by atoms with van der Waals surface area (Å²) < 4.78 is 43.2. The molecule has 4 aromatic rings. The fourth-order valence-corrected chi connectivity index (χ4v) is 7.68. The summed E-state index contributed by atoms with van der Waals surface area (Å²) in [6.45, 7) is 4.77. The third-order valence-electron chi connectivity index (χ3n) is 8.81. The van der Waals surface area contributed by atoms with Crippen molar-refractivity contribution in [1.29, 1.82) is 0 Å². The van der Waals surface area contributed by atoms with E-state index in [9.17, 15) is 27.9 Å². The van der Waals surface area contributed by atoms with Crippen molar-refractivity contribution < 1.29 is 42.1 Å². The lowest BCUT2D eigenvalue weighted by Gasteiger charge is -2.15. The van der Waals surface area contributed by atoms with E-state index in [1.54, 1.807) is 49.4 Å². The smallest absolute Gasteiger partial charge is 0.310 e. The number of aliphatic hydroxyl groups is 1. The van der Waals surface area contributed by atoms with Gasteiger partial charge in [-0.05, 0) is 105 Å². The number of aromatic nitrogens is 1. The van der Waals surface area contributed by atoms with Gasteiger partial charge in [0.05, 0.1) is 31.4 Å². The highest BCUT2D eigenvalue weighted by atomic mass is 35.5. The van der Waals surface area contributed by atoms with Crippen molar-refractivity contribution in [3.05, 3.63) is 94.1 Å². The number of amides is 1. The molecule has 0 saturated carbocycles. The summed E-state index contributed by atoms with van der Waals surface area (Å²) in [5.41, 5.74) is 3.14. The number of aliphatic hydroxyl groups excluding tert-OH is 1. The van der Waals surface area contributed by atoms with Crippen molar-refractivity contribution in [1.82, 2.24) is 14.8 Å². The van der Waals surface area contributed by atoms with Crippen molar-refractivity contribution in [2.45, 2.75) is 45.3 Å². The van der Waals surface area contributed by atoms with Crippen LogP contribution in [-0.2, 0) is 37.1 Å². The monoisotopic (exact) mass is 753 g/mol. The SMILES string of the molecule is COc1ccc2c(c1)c(CC(=O)OCC(O)CS(=O)(=O)CC(=O)NCCCOc1cccc(CN3CCCC3)c1)c(C)n2C(=O)c1ccc(Cl)cc1. The van der Waals surface area contributed by atoms with Gasteiger partial charge in [0.2, 0.25) is 5.91 Å². The molecule has 5 rings (SSSR count). The van der Waals surface area contributed by atoms with Crippen LogP contribution in [0.25, 0.3) is 10.9 Å². The van der Waals surface area contributed by atoms with E-state index in [4.69, 9.17) is 25.8 Å². The largest absolute Gasteiger partial charge is 0.497 e. The average molecular weight is 754 g/mol. The molecule has 52 heavy (non-hydrogen) atoms. The molecule has 2 heterocycles. The molecule has 3 aromatic carbocycles. The number of halogens is 1. The van der Waals surface area contributed by atoms with E-state index >= 15 is 0 Å². The molecule has 1 aliphatic rings. The van der Waals surface area contributed by atoms with E-state index in [2.05, 4.69) is 16.3 Å². The van der Waals surface area contributed by atoms with Crippen LogP contribution in [0.1, 0.15) is 46.4 Å². The molecule has 2 N–H and O–H groups in total. The second-order valence-corrected chi connectivity index (χ2v) is 15.4. The van der Waals surface area contributed by atoms with Gasteiger partial charge in [-0.15, -0.1) is 0 Å². The van der Waals surface area contributed by atoms with Gasteiger partial charge < -0.3 is 24.6 Å². The molecule has 1 saturated heterocycles. The molecule has 0 radical (unpaired) electrons. The molecular weight excluding hydrogens is 710 g/mol. The number of carbonyl (C=O) groups excluding carboxylic acids is 3. The van der Waals surface area contributed by atoms with Crippen LogP contribution in [0.4, 0.5) is 0 Å². The predicted octanol–water partition coefficient (Wildman–Crippen LogP) is 4.34. The summed E-state index contributed by atoms with van der Waals surface area (Å²) in [5, 5.41) is 14.1. The van der Waals surface area contributed by atoms with Gasteiger partial charge in [0.25, 0.3) is 5.91 Å². The number of methoxy groups -OCH3 is 1. The van der Waals surface area contributed by atoms with Crippen molar-refractivity contribution in [2.24, 2.45) is 0 Å². The number of ether oxygens (including phenoxy) is 3. The lowest BCUT2D eigenvalue weighted by molar-refractivity contribution is -0.145. The molecule has 1 aromatic heterocycles. The fourth-order valence-electron chi connectivity index (χ4n) is 6.25. The summed E-state index contributed by atoms with van der Waals surface area (Å²) in [7, 11) is -2.51. The van der Waals surface area contributed by atoms with Crippen LogP contribution in [0.3, 0.4) is 0 Å². The number of carbonyl (C=O) groups is 3. The number of esters is 1. The van der Waals surface area contributed by atoms with E-state index in [1.165, 1.54) is 30.1 Å². The summed E-state index contributed by atoms with van der Waals surface area (Å²) in [4.78, 5) is 41.2. The van der Waals surface area contributed by atoms with Gasteiger partial charge in [-0.2, -0.15) is 0 Å². The summed E-state index contributed by atoms with van der Waals surface area (Å²) in [5.74, 6) is -2.09. The van der Waals surface area contributed by atoms with Gasteiger partial charge >= 0.3 is 5.97 Å². The van der Waals surface area contributed by atoms with Crippen LogP contribution in [0, 0.1) is 6.92 Å². The maximum atomic E-state index is 13.5. The van der Waals surface area contributed by atoms with Gasteiger partial charge in [-0.25, -0.2) is 8.42 Å². The van der Waals surface area contributed by atoms with Crippen LogP contribution in [0.15, 0.2) is 66.7 Å². The van der Waals surface area contributed by atoms with Gasteiger partial charge in [0.15, 0.2) is 9.84 Å². The zero-order valence-electron chi connectivity index (χ0n) is 29.3. The Labute approximate surface area is 308 Å². The molecule has 14 heteroatoms. The Morgan fingerprint density at radius 1 is 1.00 bits per heavy atom. The Balaban J connectivity index is 1.07. The van der Waals surface area contributed by atoms with Crippen LogP contribution in [0.2, 0.25) is 5.02 Å². The van der Waals surface area contributed by atoms with Crippen molar-refractivity contribution in [3.63, 3.8) is 0 Å². The Kier molecular flexibility index (Phi) is 13.3.